The Morgan fingerprint density at radius 2 is 1.36 bits per heavy atom. The number of benzene rings is 2. The van der Waals surface area contributed by atoms with Crippen molar-refractivity contribution in [3.8, 4) is 22.6 Å². The van der Waals surface area contributed by atoms with Crippen molar-refractivity contribution in [1.82, 2.24) is 0 Å². The lowest BCUT2D eigenvalue weighted by atomic mass is 10.0. The molecule has 0 saturated carbocycles. The van der Waals surface area contributed by atoms with Gasteiger partial charge in [-0.05, 0) is 42.8 Å². The molecular formula is C27H30O9. The molecule has 0 aromatic heterocycles. The fraction of sp³-hybridized carbons (Fsp3) is 0.333. The molecule has 2 rings (SSSR count). The highest BCUT2D eigenvalue weighted by Crippen LogP contribution is 2.32. The first-order chi connectivity index (χ1) is 17.2. The summed E-state index contributed by atoms with van der Waals surface area (Å²) in [5.74, 6) is -1.15. The van der Waals surface area contributed by atoms with Crippen LogP contribution in [0.1, 0.15) is 44.0 Å². The molecule has 192 valence electrons. The van der Waals surface area contributed by atoms with Crippen molar-refractivity contribution in [2.24, 2.45) is 0 Å². The highest BCUT2D eigenvalue weighted by Gasteiger charge is 2.15. The minimum atomic E-state index is -0.613. The summed E-state index contributed by atoms with van der Waals surface area (Å²) >= 11 is 0. The number of carbonyl (C=O) groups excluding carboxylic acids is 4. The van der Waals surface area contributed by atoms with Gasteiger partial charge >= 0.3 is 23.9 Å². The van der Waals surface area contributed by atoms with Gasteiger partial charge in [0.2, 0.25) is 0 Å². The Bertz CT molecular complexity index is 1090. The molecule has 0 N–H and O–H groups in total. The first-order valence-corrected chi connectivity index (χ1v) is 11.5. The van der Waals surface area contributed by atoms with Crippen LogP contribution in [0, 0.1) is 0 Å². The quantitative estimate of drug-likeness (QED) is 0.131. The Balaban J connectivity index is 2.18. The number of hydrogen-bond donors (Lipinski definition) is 0. The lowest BCUT2D eigenvalue weighted by Gasteiger charge is -2.14. The van der Waals surface area contributed by atoms with Gasteiger partial charge in [0.1, 0.15) is 37.9 Å². The Kier molecular flexibility index (Phi) is 11.2. The molecule has 0 aliphatic carbocycles. The van der Waals surface area contributed by atoms with Gasteiger partial charge in [0.05, 0.1) is 5.56 Å². The standard InChI is InChI=1S/C27H30O9/c1-5-24(28)33-14-13-32-23-17-20(27(31)35-16-15-34-25(29)6-2)9-12-22(23)19-7-10-21(11-8-19)36-26(30)18(3)4/h7-12,17H,3,5-6,13-16H2,1-2,4H3. The SMILES string of the molecule is C=C(C)C(=O)Oc1ccc(-c2ccc(C(=O)OCCOC(=O)CC)cc2OCCOC(=O)CC)cc1. The van der Waals surface area contributed by atoms with Crippen LogP contribution in [0.2, 0.25) is 0 Å². The van der Waals surface area contributed by atoms with Crippen molar-refractivity contribution in [2.45, 2.75) is 33.6 Å². The summed E-state index contributed by atoms with van der Waals surface area (Å²) in [4.78, 5) is 46.8. The van der Waals surface area contributed by atoms with E-state index in [0.29, 0.717) is 17.1 Å². The molecule has 36 heavy (non-hydrogen) atoms. The maximum absolute atomic E-state index is 12.5. The lowest BCUT2D eigenvalue weighted by Crippen LogP contribution is -2.14. The summed E-state index contributed by atoms with van der Waals surface area (Å²) in [7, 11) is 0. The molecule has 0 radical (unpaired) electrons. The van der Waals surface area contributed by atoms with Crippen LogP contribution in [0.5, 0.6) is 11.5 Å². The van der Waals surface area contributed by atoms with Crippen LogP contribution in [-0.4, -0.2) is 50.3 Å². The predicted molar refractivity (Wildman–Crippen MR) is 131 cm³/mol. The zero-order valence-corrected chi connectivity index (χ0v) is 20.7. The minimum absolute atomic E-state index is 0.0368. The van der Waals surface area contributed by atoms with Gasteiger partial charge in [-0.15, -0.1) is 0 Å². The van der Waals surface area contributed by atoms with E-state index in [4.69, 9.17) is 23.7 Å². The molecule has 0 aliphatic heterocycles. The second-order valence-electron chi connectivity index (χ2n) is 7.54. The summed E-state index contributed by atoms with van der Waals surface area (Å²) in [5, 5.41) is 0. The lowest BCUT2D eigenvalue weighted by molar-refractivity contribution is -0.145. The second-order valence-corrected chi connectivity index (χ2v) is 7.54. The maximum atomic E-state index is 12.5. The van der Waals surface area contributed by atoms with E-state index in [1.807, 2.05) is 0 Å². The number of rotatable bonds is 13. The third-order valence-corrected chi connectivity index (χ3v) is 4.70. The average Bonchev–Trinajstić information content (AvgIpc) is 2.88. The molecule has 0 atom stereocenters. The van der Waals surface area contributed by atoms with Crippen molar-refractivity contribution >= 4 is 23.9 Å². The summed E-state index contributed by atoms with van der Waals surface area (Å²) in [6.45, 7) is 8.46. The zero-order chi connectivity index (χ0) is 26.5. The van der Waals surface area contributed by atoms with E-state index in [0.717, 1.165) is 5.56 Å². The third-order valence-electron chi connectivity index (χ3n) is 4.70. The van der Waals surface area contributed by atoms with Crippen LogP contribution in [0.4, 0.5) is 0 Å². The molecule has 9 heteroatoms. The first kappa shape index (κ1) is 28.1. The zero-order valence-electron chi connectivity index (χ0n) is 20.7. The summed E-state index contributed by atoms with van der Waals surface area (Å²) in [6.07, 6.45) is 0.490. The van der Waals surface area contributed by atoms with Crippen LogP contribution < -0.4 is 9.47 Å². The number of hydrogen-bond acceptors (Lipinski definition) is 9. The van der Waals surface area contributed by atoms with Crippen molar-refractivity contribution in [1.29, 1.82) is 0 Å². The maximum Gasteiger partial charge on any atom is 0.338 e. The van der Waals surface area contributed by atoms with Crippen LogP contribution >= 0.6 is 0 Å². The molecular weight excluding hydrogens is 468 g/mol. The van der Waals surface area contributed by atoms with E-state index >= 15 is 0 Å². The van der Waals surface area contributed by atoms with Crippen LogP contribution in [0.3, 0.4) is 0 Å². The molecule has 0 bridgehead atoms. The van der Waals surface area contributed by atoms with E-state index < -0.39 is 11.9 Å². The number of esters is 4. The van der Waals surface area contributed by atoms with Gasteiger partial charge in [-0.1, -0.05) is 32.6 Å². The summed E-state index contributed by atoms with van der Waals surface area (Å²) in [6, 6.07) is 11.5. The molecule has 9 nitrogen and oxygen atoms in total. The Hall–Kier alpha value is -4.14. The van der Waals surface area contributed by atoms with Gasteiger partial charge < -0.3 is 23.7 Å². The van der Waals surface area contributed by atoms with Gasteiger partial charge in [-0.3, -0.25) is 9.59 Å². The smallest absolute Gasteiger partial charge is 0.338 e. The molecule has 0 aliphatic rings. The van der Waals surface area contributed by atoms with E-state index in [2.05, 4.69) is 6.58 Å². The predicted octanol–water partition coefficient (Wildman–Crippen LogP) is 4.28. The fourth-order valence-corrected chi connectivity index (χ4v) is 2.79. The van der Waals surface area contributed by atoms with Crippen molar-refractivity contribution in [3.05, 3.63) is 60.2 Å². The molecule has 0 amide bonds. The summed E-state index contributed by atoms with van der Waals surface area (Å²) < 4.78 is 26.2. The Labute approximate surface area is 209 Å². The van der Waals surface area contributed by atoms with E-state index in [1.165, 1.54) is 6.07 Å². The van der Waals surface area contributed by atoms with Crippen molar-refractivity contribution in [2.75, 3.05) is 26.4 Å². The monoisotopic (exact) mass is 498 g/mol. The van der Waals surface area contributed by atoms with Gasteiger partial charge in [-0.25, -0.2) is 9.59 Å². The number of ether oxygens (including phenoxy) is 5. The molecule has 2 aromatic rings. The minimum Gasteiger partial charge on any atom is -0.489 e. The van der Waals surface area contributed by atoms with E-state index in [1.54, 1.807) is 57.2 Å². The Morgan fingerprint density at radius 3 is 1.94 bits per heavy atom. The first-order valence-electron chi connectivity index (χ1n) is 11.5. The fourth-order valence-electron chi connectivity index (χ4n) is 2.79. The second kappa shape index (κ2) is 14.3. The van der Waals surface area contributed by atoms with E-state index in [-0.39, 0.29) is 62.3 Å². The van der Waals surface area contributed by atoms with Crippen LogP contribution in [-0.2, 0) is 28.6 Å². The number of carbonyl (C=O) groups is 4. The highest BCUT2D eigenvalue weighted by molar-refractivity contribution is 5.91. The molecule has 0 fully saturated rings. The molecule has 0 heterocycles. The summed E-state index contributed by atoms with van der Waals surface area (Å²) in [5.41, 5.74) is 1.90. The van der Waals surface area contributed by atoms with Crippen molar-refractivity contribution < 1.29 is 42.9 Å². The normalized spacial score (nSPS) is 10.2. The van der Waals surface area contributed by atoms with Crippen LogP contribution in [0.15, 0.2) is 54.6 Å². The van der Waals surface area contributed by atoms with Gasteiger partial charge in [0, 0.05) is 24.0 Å². The Morgan fingerprint density at radius 1 is 0.778 bits per heavy atom. The van der Waals surface area contributed by atoms with Crippen LogP contribution in [0.25, 0.3) is 11.1 Å². The average molecular weight is 499 g/mol. The molecule has 0 spiro atoms. The molecule has 0 saturated heterocycles. The van der Waals surface area contributed by atoms with E-state index in [9.17, 15) is 19.2 Å². The third kappa shape index (κ3) is 8.90. The highest BCUT2D eigenvalue weighted by atomic mass is 16.6. The van der Waals surface area contributed by atoms with Gasteiger partial charge in [0.25, 0.3) is 0 Å². The van der Waals surface area contributed by atoms with Gasteiger partial charge in [-0.2, -0.15) is 0 Å². The molecule has 2 aromatic carbocycles. The molecule has 0 unspecified atom stereocenters. The largest absolute Gasteiger partial charge is 0.489 e. The van der Waals surface area contributed by atoms with Crippen molar-refractivity contribution in [3.63, 3.8) is 0 Å². The topological polar surface area (TPSA) is 114 Å². The van der Waals surface area contributed by atoms with Gasteiger partial charge in [0.15, 0.2) is 0 Å².